The summed E-state index contributed by atoms with van der Waals surface area (Å²) in [6, 6.07) is 5.20. The van der Waals surface area contributed by atoms with Gasteiger partial charge in [-0.05, 0) is 31.4 Å². The van der Waals surface area contributed by atoms with E-state index in [9.17, 15) is 9.59 Å². The van der Waals surface area contributed by atoms with E-state index in [0.717, 1.165) is 64.2 Å². The third-order valence-electron chi connectivity index (χ3n) is 5.36. The molecule has 1 rings (SSSR count). The highest BCUT2D eigenvalue weighted by Crippen LogP contribution is 2.38. The van der Waals surface area contributed by atoms with Gasteiger partial charge in [0.2, 0.25) is 5.75 Å². The van der Waals surface area contributed by atoms with Gasteiger partial charge in [0.05, 0.1) is 6.61 Å². The zero-order chi connectivity index (χ0) is 23.4. The van der Waals surface area contributed by atoms with E-state index in [0.29, 0.717) is 25.2 Å². The van der Waals surface area contributed by atoms with E-state index < -0.39 is 0 Å². The molecule has 1 aromatic carbocycles. The maximum atomic E-state index is 12.4. The molecule has 0 aromatic heterocycles. The Bertz CT molecular complexity index is 641. The highest BCUT2D eigenvalue weighted by molar-refractivity contribution is 5.77. The lowest BCUT2D eigenvalue weighted by Crippen LogP contribution is -2.13. The van der Waals surface area contributed by atoms with E-state index in [4.69, 9.17) is 14.2 Å². The standard InChI is InChI=1S/C27H44O5/c1-4-7-10-13-16-22-30-23-18-17-19-24(31-25(28)20-14-11-8-5-2)27(23)32-26(29)21-15-12-9-6-3/h17-19H,4-16,20-22H2,1-3H3. The van der Waals surface area contributed by atoms with Crippen molar-refractivity contribution in [3.63, 3.8) is 0 Å². The number of para-hydroxylation sites is 1. The number of hydrogen-bond acceptors (Lipinski definition) is 5. The van der Waals surface area contributed by atoms with E-state index in [1.54, 1.807) is 18.2 Å². The minimum atomic E-state index is -0.319. The van der Waals surface area contributed by atoms with Gasteiger partial charge in [-0.3, -0.25) is 9.59 Å². The lowest BCUT2D eigenvalue weighted by molar-refractivity contribution is -0.137. The third kappa shape index (κ3) is 12.7. The Morgan fingerprint density at radius 3 is 1.72 bits per heavy atom. The molecule has 0 fully saturated rings. The first-order chi connectivity index (χ1) is 15.6. The Kier molecular flexibility index (Phi) is 16.2. The molecule has 5 heteroatoms. The van der Waals surface area contributed by atoms with Crippen LogP contribution in [0.4, 0.5) is 0 Å². The molecule has 0 atom stereocenters. The molecule has 0 bridgehead atoms. The van der Waals surface area contributed by atoms with Crippen LogP contribution in [0.2, 0.25) is 0 Å². The average Bonchev–Trinajstić information content (AvgIpc) is 2.78. The van der Waals surface area contributed by atoms with Gasteiger partial charge in [-0.25, -0.2) is 0 Å². The second kappa shape index (κ2) is 18.5. The number of esters is 2. The molecule has 0 amide bonds. The van der Waals surface area contributed by atoms with Gasteiger partial charge in [0, 0.05) is 12.8 Å². The average molecular weight is 449 g/mol. The van der Waals surface area contributed by atoms with Crippen molar-refractivity contribution >= 4 is 11.9 Å². The summed E-state index contributed by atoms with van der Waals surface area (Å²) in [5.41, 5.74) is 0. The first-order valence-corrected chi connectivity index (χ1v) is 12.8. The minimum Gasteiger partial charge on any atom is -0.490 e. The Labute approximate surface area is 195 Å². The van der Waals surface area contributed by atoms with Crippen LogP contribution in [0.25, 0.3) is 0 Å². The van der Waals surface area contributed by atoms with Gasteiger partial charge in [0.25, 0.3) is 0 Å². The maximum absolute atomic E-state index is 12.4. The van der Waals surface area contributed by atoms with Gasteiger partial charge in [-0.2, -0.15) is 0 Å². The summed E-state index contributed by atoms with van der Waals surface area (Å²) in [6.07, 6.45) is 14.4. The van der Waals surface area contributed by atoms with Crippen molar-refractivity contribution in [2.24, 2.45) is 0 Å². The number of benzene rings is 1. The van der Waals surface area contributed by atoms with Crippen LogP contribution in [0.5, 0.6) is 17.2 Å². The Morgan fingerprint density at radius 2 is 1.12 bits per heavy atom. The van der Waals surface area contributed by atoms with Crippen LogP contribution < -0.4 is 14.2 Å². The second-order valence-electron chi connectivity index (χ2n) is 8.42. The molecular weight excluding hydrogens is 404 g/mol. The van der Waals surface area contributed by atoms with E-state index in [1.165, 1.54) is 19.3 Å². The third-order valence-corrected chi connectivity index (χ3v) is 5.36. The number of carbonyl (C=O) groups excluding carboxylic acids is 2. The summed E-state index contributed by atoms with van der Waals surface area (Å²) in [4.78, 5) is 24.8. The first kappa shape index (κ1) is 28.0. The molecule has 0 aliphatic heterocycles. The highest BCUT2D eigenvalue weighted by atomic mass is 16.6. The van der Waals surface area contributed by atoms with Crippen molar-refractivity contribution in [2.75, 3.05) is 6.61 Å². The van der Waals surface area contributed by atoms with E-state index >= 15 is 0 Å². The minimum absolute atomic E-state index is 0.225. The van der Waals surface area contributed by atoms with Crippen molar-refractivity contribution in [3.8, 4) is 17.2 Å². The summed E-state index contributed by atoms with van der Waals surface area (Å²) < 4.78 is 17.2. The molecule has 0 aliphatic carbocycles. The quantitative estimate of drug-likeness (QED) is 0.123. The molecule has 0 unspecified atom stereocenters. The van der Waals surface area contributed by atoms with Crippen LogP contribution in [0.1, 0.15) is 117 Å². The van der Waals surface area contributed by atoms with Gasteiger partial charge in [0.15, 0.2) is 11.5 Å². The van der Waals surface area contributed by atoms with Gasteiger partial charge in [-0.15, -0.1) is 0 Å². The lowest BCUT2D eigenvalue weighted by Gasteiger charge is -2.15. The second-order valence-corrected chi connectivity index (χ2v) is 8.42. The predicted octanol–water partition coefficient (Wildman–Crippen LogP) is 7.79. The van der Waals surface area contributed by atoms with Crippen LogP contribution in [-0.4, -0.2) is 18.5 Å². The monoisotopic (exact) mass is 448 g/mol. The summed E-state index contributed by atoms with van der Waals surface area (Å²) >= 11 is 0. The summed E-state index contributed by atoms with van der Waals surface area (Å²) in [5.74, 6) is 0.316. The van der Waals surface area contributed by atoms with Gasteiger partial charge >= 0.3 is 11.9 Å². The number of ether oxygens (including phenoxy) is 3. The zero-order valence-corrected chi connectivity index (χ0v) is 20.6. The molecule has 0 radical (unpaired) electrons. The Morgan fingerprint density at radius 1 is 0.625 bits per heavy atom. The van der Waals surface area contributed by atoms with E-state index in [1.807, 2.05) is 0 Å². The van der Waals surface area contributed by atoms with Crippen molar-refractivity contribution in [1.82, 2.24) is 0 Å². The fourth-order valence-corrected chi connectivity index (χ4v) is 3.41. The lowest BCUT2D eigenvalue weighted by atomic mass is 10.1. The van der Waals surface area contributed by atoms with Crippen LogP contribution in [0.3, 0.4) is 0 Å². The molecular formula is C27H44O5. The molecule has 0 spiro atoms. The summed E-state index contributed by atoms with van der Waals surface area (Å²) in [7, 11) is 0. The van der Waals surface area contributed by atoms with Crippen LogP contribution in [0, 0.1) is 0 Å². The van der Waals surface area contributed by atoms with Crippen molar-refractivity contribution in [3.05, 3.63) is 18.2 Å². The molecule has 182 valence electrons. The zero-order valence-electron chi connectivity index (χ0n) is 20.6. The van der Waals surface area contributed by atoms with Gasteiger partial charge < -0.3 is 14.2 Å². The van der Waals surface area contributed by atoms with Gasteiger partial charge in [-0.1, -0.05) is 91.0 Å². The summed E-state index contributed by atoms with van der Waals surface area (Å²) in [6.45, 7) is 7.00. The number of carbonyl (C=O) groups is 2. The SMILES string of the molecule is CCCCCCCOc1cccc(OC(=O)CCCCCC)c1OC(=O)CCCCCC. The first-order valence-electron chi connectivity index (χ1n) is 12.8. The van der Waals surface area contributed by atoms with Crippen molar-refractivity contribution < 1.29 is 23.8 Å². The number of unbranched alkanes of at least 4 members (excludes halogenated alkanes) is 10. The number of rotatable bonds is 19. The smallest absolute Gasteiger partial charge is 0.311 e. The molecule has 0 heterocycles. The molecule has 32 heavy (non-hydrogen) atoms. The Hall–Kier alpha value is -2.04. The van der Waals surface area contributed by atoms with E-state index in [-0.39, 0.29) is 23.4 Å². The van der Waals surface area contributed by atoms with E-state index in [2.05, 4.69) is 20.8 Å². The predicted molar refractivity (Wildman–Crippen MR) is 129 cm³/mol. The van der Waals surface area contributed by atoms with Crippen molar-refractivity contribution in [1.29, 1.82) is 0 Å². The molecule has 0 saturated carbocycles. The molecule has 1 aromatic rings. The van der Waals surface area contributed by atoms with Crippen LogP contribution >= 0.6 is 0 Å². The van der Waals surface area contributed by atoms with Crippen LogP contribution in [-0.2, 0) is 9.59 Å². The topological polar surface area (TPSA) is 61.8 Å². The van der Waals surface area contributed by atoms with Gasteiger partial charge in [0.1, 0.15) is 0 Å². The normalized spacial score (nSPS) is 10.7. The van der Waals surface area contributed by atoms with Crippen LogP contribution in [0.15, 0.2) is 18.2 Å². The largest absolute Gasteiger partial charge is 0.490 e. The molecule has 5 nitrogen and oxygen atoms in total. The molecule has 0 aliphatic rings. The Balaban J connectivity index is 2.77. The fraction of sp³-hybridized carbons (Fsp3) is 0.704. The molecule has 0 N–H and O–H groups in total. The highest BCUT2D eigenvalue weighted by Gasteiger charge is 2.19. The molecule has 0 saturated heterocycles. The fourth-order valence-electron chi connectivity index (χ4n) is 3.41. The number of hydrogen-bond donors (Lipinski definition) is 0. The van der Waals surface area contributed by atoms with Crippen molar-refractivity contribution in [2.45, 2.75) is 117 Å². The summed E-state index contributed by atoms with van der Waals surface area (Å²) in [5, 5.41) is 0. The maximum Gasteiger partial charge on any atom is 0.311 e.